The van der Waals surface area contributed by atoms with Crippen molar-refractivity contribution in [3.8, 4) is 32.0 Å². The molecule has 1 fully saturated rings. The van der Waals surface area contributed by atoms with Crippen LogP contribution < -0.4 is 5.32 Å². The number of hydrogen-bond donors (Lipinski definition) is 1. The second-order valence-electron chi connectivity index (χ2n) is 15.2. The van der Waals surface area contributed by atoms with Crippen molar-refractivity contribution in [2.75, 3.05) is 13.1 Å². The van der Waals surface area contributed by atoms with E-state index in [0.717, 1.165) is 105 Å². The lowest BCUT2D eigenvalue weighted by Gasteiger charge is -2.28. The number of hydrogen-bond acceptors (Lipinski definition) is 7. The maximum atomic E-state index is 14.2. The lowest BCUT2D eigenvalue weighted by atomic mass is 10.0. The summed E-state index contributed by atoms with van der Waals surface area (Å²) in [5.41, 5.74) is 6.26. The number of thiazole rings is 2. The van der Waals surface area contributed by atoms with Crippen LogP contribution in [0.5, 0.6) is 0 Å². The molecule has 0 saturated carbocycles. The van der Waals surface area contributed by atoms with Gasteiger partial charge >= 0.3 is 0 Å². The summed E-state index contributed by atoms with van der Waals surface area (Å²) in [6, 6.07) is 35.8. The molecule has 2 aromatic heterocycles. The van der Waals surface area contributed by atoms with Crippen LogP contribution in [0.4, 0.5) is 0 Å². The fraction of sp³-hybridized carbons (Fsp3) is 0.327. The van der Waals surface area contributed by atoms with Gasteiger partial charge in [-0.15, -0.1) is 22.7 Å². The van der Waals surface area contributed by atoms with Crippen molar-refractivity contribution < 1.29 is 14.4 Å². The zero-order chi connectivity index (χ0) is 41.0. The smallest absolute Gasteiger partial charge is 0.250 e. The summed E-state index contributed by atoms with van der Waals surface area (Å²) < 4.78 is 0. The fourth-order valence-electron chi connectivity index (χ4n) is 7.59. The molecule has 0 aliphatic carbocycles. The van der Waals surface area contributed by atoms with Crippen LogP contribution >= 0.6 is 22.7 Å². The Morgan fingerprint density at radius 1 is 0.746 bits per heavy atom. The molecule has 59 heavy (non-hydrogen) atoms. The topological polar surface area (TPSA) is 95.5 Å². The van der Waals surface area contributed by atoms with Crippen LogP contribution in [0.1, 0.15) is 98.4 Å². The Morgan fingerprint density at radius 3 is 2.02 bits per heavy atom. The van der Waals surface area contributed by atoms with E-state index in [1.165, 1.54) is 0 Å². The molecule has 304 valence electrons. The van der Waals surface area contributed by atoms with Gasteiger partial charge in [-0.2, -0.15) is 0 Å². The van der Waals surface area contributed by atoms with Gasteiger partial charge in [-0.05, 0) is 59.1 Å². The van der Waals surface area contributed by atoms with Crippen molar-refractivity contribution in [3.63, 3.8) is 0 Å². The average Bonchev–Trinajstić information content (AvgIpc) is 4.07. The predicted octanol–water partition coefficient (Wildman–Crippen LogP) is 11.1. The second kappa shape index (κ2) is 20.5. The van der Waals surface area contributed by atoms with E-state index in [1.807, 2.05) is 82.9 Å². The Bertz CT molecular complexity index is 2270. The Labute approximate surface area is 356 Å². The summed E-state index contributed by atoms with van der Waals surface area (Å²) in [7, 11) is 0. The molecule has 6 aromatic rings. The molecule has 3 heterocycles. The first kappa shape index (κ1) is 41.7. The third-order valence-corrected chi connectivity index (χ3v) is 13.1. The van der Waals surface area contributed by atoms with Crippen molar-refractivity contribution >= 4 is 40.4 Å². The number of nitrogens with zero attached hydrogens (tertiary/aromatic N) is 4. The highest BCUT2D eigenvalue weighted by Gasteiger charge is 2.37. The minimum atomic E-state index is -0.722. The van der Waals surface area contributed by atoms with Crippen molar-refractivity contribution in [2.24, 2.45) is 0 Å². The highest BCUT2D eigenvalue weighted by molar-refractivity contribution is 7.15. The molecular formula is C49H53N5O3S2. The van der Waals surface area contributed by atoms with E-state index in [1.54, 1.807) is 22.7 Å². The molecule has 0 bridgehead atoms. The molecule has 1 N–H and O–H groups in total. The maximum Gasteiger partial charge on any atom is 0.250 e. The molecule has 10 heteroatoms. The molecule has 3 amide bonds. The largest absolute Gasteiger partial charge is 0.341 e. The number of benzene rings is 4. The van der Waals surface area contributed by atoms with Gasteiger partial charge in [0, 0.05) is 31.9 Å². The van der Waals surface area contributed by atoms with Crippen molar-refractivity contribution in [1.82, 2.24) is 25.1 Å². The first-order chi connectivity index (χ1) is 28.9. The standard InChI is InChI=1S/C49H53N5O3S2/c1-3-5-9-20-44(55)52-47(40-17-12-8-13-18-40)49(57)54-30-14-19-41(54)48-51-33-43(59-48)39-27-23-37(24-28-39)36-21-25-38(26-22-36)42-32-50-45(58-42)34-53(29-6-4-2)46(56)31-35-15-10-7-11-16-35/h7-8,10-13,15-18,21-28,32-33,41,47H,3-6,9,14,19-20,29-31,34H2,1-2H3,(H,52,55)/t41-,47+/m0/s1. The van der Waals surface area contributed by atoms with Crippen LogP contribution in [0.2, 0.25) is 0 Å². The van der Waals surface area contributed by atoms with Crippen molar-refractivity contribution in [1.29, 1.82) is 0 Å². The first-order valence-electron chi connectivity index (χ1n) is 21.0. The molecule has 0 spiro atoms. The van der Waals surface area contributed by atoms with E-state index in [-0.39, 0.29) is 23.8 Å². The van der Waals surface area contributed by atoms with Gasteiger partial charge in [0.2, 0.25) is 17.7 Å². The number of unbranched alkanes of at least 4 members (excludes halogenated alkanes) is 3. The molecule has 8 nitrogen and oxygen atoms in total. The SMILES string of the molecule is CCCCCC(=O)N[C@@H](C(=O)N1CCC[C@H]1c1ncc(-c2ccc(-c3ccc(-c4cnc(CN(CCCC)C(=O)Cc5ccccc5)s4)cc3)cc2)s1)c1ccccc1. The van der Waals surface area contributed by atoms with E-state index in [0.29, 0.717) is 25.9 Å². The molecule has 2 atom stereocenters. The quantitative estimate of drug-likeness (QED) is 0.0871. The molecule has 0 radical (unpaired) electrons. The number of carbonyl (C=O) groups excluding carboxylic acids is 3. The van der Waals surface area contributed by atoms with Crippen molar-refractivity contribution in [2.45, 2.75) is 90.3 Å². The lowest BCUT2D eigenvalue weighted by molar-refractivity contribution is -0.137. The number of amides is 3. The molecule has 1 aliphatic rings. The fourth-order valence-corrected chi connectivity index (χ4v) is 9.60. The minimum Gasteiger partial charge on any atom is -0.341 e. The highest BCUT2D eigenvalue weighted by Crippen LogP contribution is 2.39. The first-order valence-corrected chi connectivity index (χ1v) is 22.6. The molecule has 7 rings (SSSR count). The summed E-state index contributed by atoms with van der Waals surface area (Å²) in [4.78, 5) is 55.9. The van der Waals surface area contributed by atoms with Crippen LogP contribution in [0.3, 0.4) is 0 Å². The van der Waals surface area contributed by atoms with Gasteiger partial charge in [-0.1, -0.05) is 142 Å². The van der Waals surface area contributed by atoms with Crippen LogP contribution in [0.15, 0.2) is 122 Å². The van der Waals surface area contributed by atoms with Gasteiger partial charge in [0.1, 0.15) is 16.1 Å². The summed E-state index contributed by atoms with van der Waals surface area (Å²) in [5, 5.41) is 4.92. The maximum absolute atomic E-state index is 14.2. The number of rotatable bonds is 18. The van der Waals surface area contributed by atoms with Gasteiger partial charge in [0.25, 0.3) is 0 Å². The normalized spacial score (nSPS) is 14.3. The van der Waals surface area contributed by atoms with E-state index in [4.69, 9.17) is 9.97 Å². The van der Waals surface area contributed by atoms with Gasteiger partial charge in [-0.25, -0.2) is 9.97 Å². The minimum absolute atomic E-state index is 0.0782. The average molecular weight is 824 g/mol. The van der Waals surface area contributed by atoms with Crippen LogP contribution in [-0.2, 0) is 27.3 Å². The zero-order valence-corrected chi connectivity index (χ0v) is 35.7. The van der Waals surface area contributed by atoms with E-state index >= 15 is 0 Å². The number of aromatic nitrogens is 2. The molecule has 4 aromatic carbocycles. The van der Waals surface area contributed by atoms with Gasteiger partial charge in [0.05, 0.1) is 28.8 Å². The number of likely N-dealkylation sites (tertiary alicyclic amines) is 1. The van der Waals surface area contributed by atoms with E-state index < -0.39 is 6.04 Å². The predicted molar refractivity (Wildman–Crippen MR) is 240 cm³/mol. The van der Waals surface area contributed by atoms with E-state index in [2.05, 4.69) is 67.7 Å². The Kier molecular flexibility index (Phi) is 14.5. The van der Waals surface area contributed by atoms with Crippen molar-refractivity contribution in [3.05, 3.63) is 143 Å². The Hall–Kier alpha value is -5.45. The van der Waals surface area contributed by atoms with Gasteiger partial charge in [-0.3, -0.25) is 14.4 Å². The summed E-state index contributed by atoms with van der Waals surface area (Å²) >= 11 is 3.28. The van der Waals surface area contributed by atoms with Gasteiger partial charge in [0.15, 0.2) is 0 Å². The molecule has 1 aliphatic heterocycles. The Balaban J connectivity index is 0.986. The summed E-state index contributed by atoms with van der Waals surface area (Å²) in [6.07, 6.45) is 11.2. The molecule has 1 saturated heterocycles. The monoisotopic (exact) mass is 823 g/mol. The zero-order valence-electron chi connectivity index (χ0n) is 34.0. The number of nitrogens with one attached hydrogen (secondary N) is 1. The Morgan fingerprint density at radius 2 is 1.36 bits per heavy atom. The third-order valence-electron chi connectivity index (χ3n) is 10.9. The highest BCUT2D eigenvalue weighted by atomic mass is 32.1. The van der Waals surface area contributed by atoms with Gasteiger partial charge < -0.3 is 15.1 Å². The van der Waals surface area contributed by atoms with E-state index in [9.17, 15) is 14.4 Å². The summed E-state index contributed by atoms with van der Waals surface area (Å²) in [5.74, 6) is -0.0327. The number of carbonyl (C=O) groups is 3. The van der Waals surface area contributed by atoms with Crippen LogP contribution in [0.25, 0.3) is 32.0 Å². The van der Waals surface area contributed by atoms with Crippen LogP contribution in [0, 0.1) is 0 Å². The third kappa shape index (κ3) is 10.8. The second-order valence-corrected chi connectivity index (χ2v) is 17.4. The summed E-state index contributed by atoms with van der Waals surface area (Å²) in [6.45, 7) is 6.15. The van der Waals surface area contributed by atoms with Crippen LogP contribution in [-0.4, -0.2) is 50.6 Å². The molecule has 0 unspecified atom stereocenters. The molecular weight excluding hydrogens is 771 g/mol. The lowest BCUT2D eigenvalue weighted by Crippen LogP contribution is -2.42.